The molecule has 2 aliphatic carbocycles. The highest BCUT2D eigenvalue weighted by Crippen LogP contribution is 2.53. The van der Waals surface area contributed by atoms with Crippen molar-refractivity contribution in [2.24, 2.45) is 0 Å². The number of hydrogen-bond acceptors (Lipinski definition) is 0. The Kier molecular flexibility index (Phi) is 4.25. The van der Waals surface area contributed by atoms with Crippen molar-refractivity contribution in [2.75, 3.05) is 0 Å². The summed E-state index contributed by atoms with van der Waals surface area (Å²) in [6.07, 6.45) is 4.89. The van der Waals surface area contributed by atoms with E-state index < -0.39 is 8.07 Å². The van der Waals surface area contributed by atoms with E-state index in [1.54, 1.807) is 11.1 Å². The van der Waals surface area contributed by atoms with Crippen molar-refractivity contribution in [1.82, 2.24) is 0 Å². The number of allylic oxidation sites excluding steroid dienone is 2. The number of rotatable bonds is 3. The molecule has 144 valence electrons. The van der Waals surface area contributed by atoms with Crippen molar-refractivity contribution in [2.45, 2.75) is 38.0 Å². The van der Waals surface area contributed by atoms with Gasteiger partial charge in [0.15, 0.2) is 0 Å². The summed E-state index contributed by atoms with van der Waals surface area (Å²) in [4.78, 5) is 0. The van der Waals surface area contributed by atoms with Crippen LogP contribution in [0.2, 0.25) is 13.1 Å². The molecule has 0 heterocycles. The average Bonchev–Trinajstić information content (AvgIpc) is 3.24. The smallest absolute Gasteiger partial charge is 0.0679 e. The first-order valence-electron chi connectivity index (χ1n) is 10.6. The number of benzene rings is 3. The number of fused-ring (bicyclic) bond motifs is 2. The van der Waals surface area contributed by atoms with Crippen LogP contribution in [0.15, 0.2) is 83.9 Å². The van der Waals surface area contributed by atoms with Crippen LogP contribution in [-0.4, -0.2) is 8.07 Å². The lowest BCUT2D eigenvalue weighted by Gasteiger charge is -2.39. The molecule has 3 aromatic carbocycles. The van der Waals surface area contributed by atoms with Gasteiger partial charge in [-0.1, -0.05) is 109 Å². The summed E-state index contributed by atoms with van der Waals surface area (Å²) in [6, 6.07) is 26.8. The maximum absolute atomic E-state index is 2.60. The van der Waals surface area contributed by atoms with Crippen LogP contribution in [0.25, 0.3) is 23.3 Å². The highest BCUT2D eigenvalue weighted by Gasteiger charge is 2.46. The zero-order valence-electron chi connectivity index (χ0n) is 17.7. The van der Waals surface area contributed by atoms with Crippen molar-refractivity contribution in [3.05, 3.63) is 106 Å². The van der Waals surface area contributed by atoms with E-state index in [-0.39, 0.29) is 0 Å². The molecule has 0 aliphatic heterocycles. The van der Waals surface area contributed by atoms with Crippen LogP contribution in [0.5, 0.6) is 0 Å². The predicted octanol–water partition coefficient (Wildman–Crippen LogP) is 7.84. The lowest BCUT2D eigenvalue weighted by molar-refractivity contribution is 0.968. The van der Waals surface area contributed by atoms with E-state index in [1.165, 1.54) is 33.4 Å². The minimum absolute atomic E-state index is 0.556. The molecule has 0 aromatic heterocycles. The maximum atomic E-state index is 2.60. The molecule has 0 amide bonds. The first-order chi connectivity index (χ1) is 14.0. The second-order valence-electron chi connectivity index (χ2n) is 9.27. The van der Waals surface area contributed by atoms with E-state index in [4.69, 9.17) is 0 Å². The second kappa shape index (κ2) is 6.71. The van der Waals surface area contributed by atoms with E-state index in [9.17, 15) is 0 Å². The third kappa shape index (κ3) is 2.79. The quantitative estimate of drug-likeness (QED) is 0.398. The highest BCUT2D eigenvalue weighted by molar-refractivity contribution is 6.81. The molecule has 2 aliphatic rings. The maximum Gasteiger partial charge on any atom is 0.0722 e. The molecular formula is C28H28Si. The Bertz CT molecular complexity index is 1150. The summed E-state index contributed by atoms with van der Waals surface area (Å²) in [7, 11) is -1.73. The fraction of sp³-hybridized carbons (Fsp3) is 0.214. The standard InChI is InChI=1S/C28H28Si/c1-19-17-22-13-8-9-14-24(22)27(19)29(3,4)28-20(2)18-26-23(15-10-16-25(26)28)21-11-6-5-7-12-21/h5-18,27-28H,1-4H3. The molecule has 0 fully saturated rings. The fourth-order valence-electron chi connectivity index (χ4n) is 6.04. The zero-order valence-corrected chi connectivity index (χ0v) is 18.7. The molecule has 0 saturated heterocycles. The molecule has 1 heteroatoms. The first-order valence-corrected chi connectivity index (χ1v) is 13.8. The van der Waals surface area contributed by atoms with E-state index in [0.717, 1.165) is 0 Å². The second-order valence-corrected chi connectivity index (χ2v) is 14.1. The molecule has 5 rings (SSSR count). The Morgan fingerprint density at radius 1 is 0.621 bits per heavy atom. The van der Waals surface area contributed by atoms with Gasteiger partial charge in [0.05, 0.1) is 8.07 Å². The largest absolute Gasteiger partial charge is 0.0722 e. The Morgan fingerprint density at radius 2 is 1.24 bits per heavy atom. The molecule has 0 radical (unpaired) electrons. The Morgan fingerprint density at radius 3 is 2.03 bits per heavy atom. The van der Waals surface area contributed by atoms with Crippen LogP contribution in [0, 0.1) is 0 Å². The molecule has 2 unspecified atom stereocenters. The lowest BCUT2D eigenvalue weighted by Crippen LogP contribution is -2.42. The Labute approximate surface area is 175 Å². The SMILES string of the molecule is CC1=Cc2ccccc2C1[Si](C)(C)C1C(C)=Cc2c(-c3ccccc3)cccc21. The normalized spacial score (nSPS) is 20.1. The zero-order chi connectivity index (χ0) is 20.2. The summed E-state index contributed by atoms with van der Waals surface area (Å²) in [6.45, 7) is 9.90. The van der Waals surface area contributed by atoms with Crippen molar-refractivity contribution >= 4 is 20.2 Å². The van der Waals surface area contributed by atoms with Crippen LogP contribution in [0.1, 0.15) is 47.2 Å². The van der Waals surface area contributed by atoms with E-state index >= 15 is 0 Å². The Balaban J connectivity index is 1.63. The van der Waals surface area contributed by atoms with E-state index in [2.05, 4.69) is 112 Å². The minimum atomic E-state index is -1.73. The third-order valence-corrected chi connectivity index (χ3v) is 11.5. The van der Waals surface area contributed by atoms with Gasteiger partial charge in [0, 0.05) is 11.1 Å². The highest BCUT2D eigenvalue weighted by atomic mass is 28.3. The van der Waals surface area contributed by atoms with Gasteiger partial charge in [-0.15, -0.1) is 0 Å². The van der Waals surface area contributed by atoms with Crippen molar-refractivity contribution in [3.8, 4) is 11.1 Å². The molecule has 3 aromatic rings. The molecule has 29 heavy (non-hydrogen) atoms. The Hall–Kier alpha value is -2.64. The summed E-state index contributed by atoms with van der Waals surface area (Å²) in [5.41, 5.74) is 12.9. The van der Waals surface area contributed by atoms with Gasteiger partial charge in [-0.25, -0.2) is 0 Å². The molecule has 0 bridgehead atoms. The molecule has 0 N–H and O–H groups in total. The summed E-state index contributed by atoms with van der Waals surface area (Å²) < 4.78 is 0. The van der Waals surface area contributed by atoms with Crippen molar-refractivity contribution in [1.29, 1.82) is 0 Å². The van der Waals surface area contributed by atoms with Crippen molar-refractivity contribution < 1.29 is 0 Å². The average molecular weight is 393 g/mol. The van der Waals surface area contributed by atoms with E-state index in [1.807, 2.05) is 0 Å². The molecule has 0 saturated carbocycles. The monoisotopic (exact) mass is 392 g/mol. The first kappa shape index (κ1) is 18.4. The van der Waals surface area contributed by atoms with E-state index in [0.29, 0.717) is 11.1 Å². The summed E-state index contributed by atoms with van der Waals surface area (Å²) in [5.74, 6) is 0. The molecule has 2 atom stereocenters. The van der Waals surface area contributed by atoms with Gasteiger partial charge >= 0.3 is 0 Å². The van der Waals surface area contributed by atoms with Gasteiger partial charge in [0.1, 0.15) is 0 Å². The van der Waals surface area contributed by atoms with Crippen LogP contribution in [0.3, 0.4) is 0 Å². The fourth-order valence-corrected chi connectivity index (χ4v) is 11.0. The van der Waals surface area contributed by atoms with Gasteiger partial charge in [-0.2, -0.15) is 0 Å². The summed E-state index contributed by atoms with van der Waals surface area (Å²) in [5, 5.41) is 0. The molecular weight excluding hydrogens is 364 g/mol. The van der Waals surface area contributed by atoms with Gasteiger partial charge < -0.3 is 0 Å². The lowest BCUT2D eigenvalue weighted by atomic mass is 9.97. The van der Waals surface area contributed by atoms with Gasteiger partial charge in [-0.05, 0) is 47.2 Å². The van der Waals surface area contributed by atoms with Crippen molar-refractivity contribution in [3.63, 3.8) is 0 Å². The van der Waals surface area contributed by atoms with Gasteiger partial charge in [-0.3, -0.25) is 0 Å². The number of hydrogen-bond donors (Lipinski definition) is 0. The van der Waals surface area contributed by atoms with Crippen LogP contribution in [-0.2, 0) is 0 Å². The topological polar surface area (TPSA) is 0 Å². The summed E-state index contributed by atoms with van der Waals surface area (Å²) >= 11 is 0. The van der Waals surface area contributed by atoms with Gasteiger partial charge in [0.25, 0.3) is 0 Å². The third-order valence-electron chi connectivity index (χ3n) is 7.00. The van der Waals surface area contributed by atoms with Crippen LogP contribution >= 0.6 is 0 Å². The minimum Gasteiger partial charge on any atom is -0.0679 e. The van der Waals surface area contributed by atoms with Gasteiger partial charge in [0.2, 0.25) is 0 Å². The van der Waals surface area contributed by atoms with Crippen LogP contribution < -0.4 is 0 Å². The molecule has 0 nitrogen and oxygen atoms in total. The predicted molar refractivity (Wildman–Crippen MR) is 129 cm³/mol. The van der Waals surface area contributed by atoms with Crippen LogP contribution in [0.4, 0.5) is 0 Å². The molecule has 0 spiro atoms.